The smallest absolute Gasteiger partial charge is 0.0115 e. The third-order valence-electron chi connectivity index (χ3n) is 2.53. The molecule has 2 heteroatoms. The van der Waals surface area contributed by atoms with Gasteiger partial charge in [0.15, 0.2) is 0 Å². The summed E-state index contributed by atoms with van der Waals surface area (Å²) < 4.78 is 0. The van der Waals surface area contributed by atoms with Gasteiger partial charge < -0.3 is 11.1 Å². The van der Waals surface area contributed by atoms with E-state index in [0.717, 1.165) is 0 Å². The van der Waals surface area contributed by atoms with Gasteiger partial charge in [-0.05, 0) is 19.4 Å². The highest BCUT2D eigenvalue weighted by Gasteiger charge is 2.52. The van der Waals surface area contributed by atoms with Crippen LogP contribution in [0.1, 0.15) is 12.8 Å². The molecule has 0 unspecified atom stereocenters. The monoisotopic (exact) mass is 112 g/mol. The van der Waals surface area contributed by atoms with Crippen molar-refractivity contribution in [3.05, 3.63) is 0 Å². The van der Waals surface area contributed by atoms with Gasteiger partial charge in [0, 0.05) is 18.0 Å². The van der Waals surface area contributed by atoms with Crippen LogP contribution in [0.2, 0.25) is 0 Å². The second kappa shape index (κ2) is 1.25. The second-order valence-electron chi connectivity index (χ2n) is 3.10. The fourth-order valence-electron chi connectivity index (χ4n) is 1.63. The summed E-state index contributed by atoms with van der Waals surface area (Å²) >= 11 is 0. The van der Waals surface area contributed by atoms with Crippen molar-refractivity contribution in [3.8, 4) is 0 Å². The average molecular weight is 112 g/mol. The maximum Gasteiger partial charge on any atom is 0.0115 e. The molecule has 1 spiro atoms. The van der Waals surface area contributed by atoms with Crippen LogP contribution in [0.4, 0.5) is 0 Å². The van der Waals surface area contributed by atoms with Crippen LogP contribution in [0.5, 0.6) is 0 Å². The minimum atomic E-state index is 0.525. The van der Waals surface area contributed by atoms with Crippen LogP contribution in [0.25, 0.3) is 0 Å². The molecule has 46 valence electrons. The second-order valence-corrected chi connectivity index (χ2v) is 3.10. The Morgan fingerprint density at radius 2 is 2.38 bits per heavy atom. The summed E-state index contributed by atoms with van der Waals surface area (Å²) in [5.41, 5.74) is 6.29. The standard InChI is InChI=1S/C6H12N2/c7-5-3-6(5)1-2-8-4-6/h5,8H,1-4,7H2/t5-,6-/m1/s1. The molecule has 0 aromatic heterocycles. The van der Waals surface area contributed by atoms with Crippen LogP contribution >= 0.6 is 0 Å². The number of nitrogens with one attached hydrogen (secondary N) is 1. The fraction of sp³-hybridized carbons (Fsp3) is 1.00. The predicted molar refractivity (Wildman–Crippen MR) is 32.5 cm³/mol. The number of hydrogen-bond donors (Lipinski definition) is 2. The molecule has 2 rings (SSSR count). The number of hydrogen-bond acceptors (Lipinski definition) is 2. The van der Waals surface area contributed by atoms with Crippen molar-refractivity contribution in [3.63, 3.8) is 0 Å². The Morgan fingerprint density at radius 3 is 2.62 bits per heavy atom. The first-order chi connectivity index (χ1) is 3.83. The van der Waals surface area contributed by atoms with Crippen LogP contribution < -0.4 is 11.1 Å². The van der Waals surface area contributed by atoms with E-state index in [-0.39, 0.29) is 0 Å². The first kappa shape index (κ1) is 4.77. The molecular weight excluding hydrogens is 100 g/mol. The number of rotatable bonds is 0. The molecule has 1 saturated heterocycles. The first-order valence-electron chi connectivity index (χ1n) is 3.30. The summed E-state index contributed by atoms with van der Waals surface area (Å²) in [7, 11) is 0. The van der Waals surface area contributed by atoms with Crippen molar-refractivity contribution in [2.24, 2.45) is 11.1 Å². The lowest BCUT2D eigenvalue weighted by Crippen LogP contribution is -2.16. The summed E-state index contributed by atoms with van der Waals surface area (Å²) in [5.74, 6) is 0. The highest BCUT2D eigenvalue weighted by Crippen LogP contribution is 2.48. The van der Waals surface area contributed by atoms with Crippen LogP contribution in [-0.2, 0) is 0 Å². The minimum Gasteiger partial charge on any atom is -0.327 e. The van der Waals surface area contributed by atoms with Crippen molar-refractivity contribution in [1.82, 2.24) is 5.32 Å². The average Bonchev–Trinajstić information content (AvgIpc) is 2.29. The molecule has 1 aliphatic heterocycles. The Hall–Kier alpha value is -0.0800. The first-order valence-corrected chi connectivity index (χ1v) is 3.30. The van der Waals surface area contributed by atoms with Gasteiger partial charge in [-0.15, -0.1) is 0 Å². The van der Waals surface area contributed by atoms with Crippen molar-refractivity contribution < 1.29 is 0 Å². The van der Waals surface area contributed by atoms with E-state index in [1.165, 1.54) is 25.9 Å². The van der Waals surface area contributed by atoms with Gasteiger partial charge in [0.25, 0.3) is 0 Å². The van der Waals surface area contributed by atoms with E-state index in [1.54, 1.807) is 0 Å². The van der Waals surface area contributed by atoms with Gasteiger partial charge in [0.05, 0.1) is 0 Å². The van der Waals surface area contributed by atoms with Gasteiger partial charge in [0.1, 0.15) is 0 Å². The zero-order chi connectivity index (χ0) is 5.61. The Morgan fingerprint density at radius 1 is 1.62 bits per heavy atom. The quantitative estimate of drug-likeness (QED) is 0.451. The topological polar surface area (TPSA) is 38.0 Å². The van der Waals surface area contributed by atoms with E-state index in [1.807, 2.05) is 0 Å². The zero-order valence-electron chi connectivity index (χ0n) is 4.98. The highest BCUT2D eigenvalue weighted by molar-refractivity contribution is 5.10. The van der Waals surface area contributed by atoms with E-state index in [9.17, 15) is 0 Å². The molecule has 0 aromatic carbocycles. The third-order valence-corrected chi connectivity index (χ3v) is 2.53. The van der Waals surface area contributed by atoms with E-state index in [0.29, 0.717) is 11.5 Å². The van der Waals surface area contributed by atoms with Crippen LogP contribution in [0, 0.1) is 5.41 Å². The van der Waals surface area contributed by atoms with Crippen molar-refractivity contribution >= 4 is 0 Å². The largest absolute Gasteiger partial charge is 0.327 e. The number of nitrogens with two attached hydrogens (primary N) is 1. The van der Waals surface area contributed by atoms with E-state index in [2.05, 4.69) is 5.32 Å². The van der Waals surface area contributed by atoms with Gasteiger partial charge in [-0.25, -0.2) is 0 Å². The van der Waals surface area contributed by atoms with Crippen LogP contribution in [0.3, 0.4) is 0 Å². The summed E-state index contributed by atoms with van der Waals surface area (Å²) in [5, 5.41) is 3.33. The molecule has 8 heavy (non-hydrogen) atoms. The lowest BCUT2D eigenvalue weighted by Gasteiger charge is -2.00. The van der Waals surface area contributed by atoms with Crippen molar-refractivity contribution in [2.75, 3.05) is 13.1 Å². The van der Waals surface area contributed by atoms with Gasteiger partial charge >= 0.3 is 0 Å². The SMILES string of the molecule is N[C@@H]1C[C@@]12CCNC2. The molecule has 2 fully saturated rings. The van der Waals surface area contributed by atoms with Crippen LogP contribution in [0.15, 0.2) is 0 Å². The fourth-order valence-corrected chi connectivity index (χ4v) is 1.63. The third kappa shape index (κ3) is 0.446. The lowest BCUT2D eigenvalue weighted by molar-refractivity contribution is 0.547. The van der Waals surface area contributed by atoms with E-state index in [4.69, 9.17) is 5.73 Å². The highest BCUT2D eigenvalue weighted by atomic mass is 15.0. The van der Waals surface area contributed by atoms with Gasteiger partial charge in [-0.3, -0.25) is 0 Å². The molecule has 3 N–H and O–H groups in total. The van der Waals surface area contributed by atoms with Crippen LogP contribution in [-0.4, -0.2) is 19.1 Å². The maximum absolute atomic E-state index is 5.72. The summed E-state index contributed by atoms with van der Waals surface area (Å²) in [4.78, 5) is 0. The van der Waals surface area contributed by atoms with E-state index < -0.39 is 0 Å². The lowest BCUT2D eigenvalue weighted by atomic mass is 10.1. The molecule has 1 heterocycles. The molecule has 2 aliphatic rings. The normalized spacial score (nSPS) is 52.9. The van der Waals surface area contributed by atoms with Crippen molar-refractivity contribution in [1.29, 1.82) is 0 Å². The molecule has 0 amide bonds. The molecule has 2 nitrogen and oxygen atoms in total. The summed E-state index contributed by atoms with van der Waals surface area (Å²) in [6.07, 6.45) is 2.58. The molecular formula is C6H12N2. The molecule has 0 bridgehead atoms. The molecule has 1 aliphatic carbocycles. The summed E-state index contributed by atoms with van der Waals surface area (Å²) in [6, 6.07) is 0.525. The van der Waals surface area contributed by atoms with Crippen molar-refractivity contribution in [2.45, 2.75) is 18.9 Å². The maximum atomic E-state index is 5.72. The molecule has 1 saturated carbocycles. The predicted octanol–water partition coefficient (Wildman–Crippen LogP) is -0.303. The molecule has 0 radical (unpaired) electrons. The zero-order valence-corrected chi connectivity index (χ0v) is 4.98. The Labute approximate surface area is 49.4 Å². The Bertz CT molecular complexity index is 105. The van der Waals surface area contributed by atoms with Gasteiger partial charge in [-0.2, -0.15) is 0 Å². The molecule has 2 atom stereocenters. The minimum absolute atomic E-state index is 0.525. The Kier molecular flexibility index (Phi) is 0.746. The van der Waals surface area contributed by atoms with Gasteiger partial charge in [0.2, 0.25) is 0 Å². The van der Waals surface area contributed by atoms with Gasteiger partial charge in [-0.1, -0.05) is 0 Å². The Balaban J connectivity index is 2.06. The van der Waals surface area contributed by atoms with E-state index >= 15 is 0 Å². The summed E-state index contributed by atoms with van der Waals surface area (Å²) in [6.45, 7) is 2.36. The molecule has 0 aromatic rings.